The van der Waals surface area contributed by atoms with Gasteiger partial charge in [0.15, 0.2) is 0 Å². The number of aromatic nitrogens is 2. The molecule has 5 heteroatoms. The monoisotopic (exact) mass is 212 g/mol. The molecule has 0 bridgehead atoms. The predicted octanol–water partition coefficient (Wildman–Crippen LogP) is 1.32. The third kappa shape index (κ3) is 3.06. The van der Waals surface area contributed by atoms with E-state index in [1.165, 1.54) is 0 Å². The molecule has 1 aromatic heterocycles. The largest absolute Gasteiger partial charge is 0.372 e. The molecular weight excluding hydrogens is 196 g/mol. The molecule has 1 rings (SSSR count). The number of nitrogens with one attached hydrogen (secondary N) is 1. The normalized spacial score (nSPS) is 9.93. The quantitative estimate of drug-likeness (QED) is 0.797. The summed E-state index contributed by atoms with van der Waals surface area (Å²) in [5, 5.41) is 2.97. The van der Waals surface area contributed by atoms with Crippen molar-refractivity contribution < 1.29 is 0 Å². The van der Waals surface area contributed by atoms with Gasteiger partial charge in [-0.25, -0.2) is 4.98 Å². The summed E-state index contributed by atoms with van der Waals surface area (Å²) >= 11 is 1.83. The van der Waals surface area contributed by atoms with Gasteiger partial charge in [-0.3, -0.25) is 4.98 Å². The third-order valence-corrected chi connectivity index (χ3v) is 2.49. The lowest BCUT2D eigenvalue weighted by Crippen LogP contribution is -2.21. The van der Waals surface area contributed by atoms with E-state index in [2.05, 4.69) is 26.4 Å². The molecule has 0 saturated carbocycles. The molecule has 0 radical (unpaired) electrons. The Morgan fingerprint density at radius 3 is 2.93 bits per heavy atom. The van der Waals surface area contributed by atoms with E-state index in [1.54, 1.807) is 12.4 Å². The van der Waals surface area contributed by atoms with Gasteiger partial charge in [-0.2, -0.15) is 11.8 Å². The number of thioether (sulfide) groups is 1. The molecule has 14 heavy (non-hydrogen) atoms. The molecule has 0 aromatic carbocycles. The Labute approximate surface area is 89.1 Å². The van der Waals surface area contributed by atoms with Crippen molar-refractivity contribution in [3.63, 3.8) is 0 Å². The maximum absolute atomic E-state index is 4.39. The number of anilines is 2. The molecule has 1 aromatic rings. The fourth-order valence-electron chi connectivity index (χ4n) is 1.00. The van der Waals surface area contributed by atoms with Crippen molar-refractivity contribution in [3.8, 4) is 0 Å². The van der Waals surface area contributed by atoms with Crippen molar-refractivity contribution in [1.29, 1.82) is 0 Å². The maximum Gasteiger partial charge on any atom is 0.149 e. The highest BCUT2D eigenvalue weighted by Gasteiger charge is 2.02. The van der Waals surface area contributed by atoms with E-state index in [9.17, 15) is 0 Å². The summed E-state index contributed by atoms with van der Waals surface area (Å²) in [5.74, 6) is 2.81. The van der Waals surface area contributed by atoms with Crippen LogP contribution in [0.5, 0.6) is 0 Å². The van der Waals surface area contributed by atoms with Crippen LogP contribution in [-0.2, 0) is 0 Å². The summed E-state index contributed by atoms with van der Waals surface area (Å²) in [4.78, 5) is 10.6. The molecule has 0 aliphatic rings. The van der Waals surface area contributed by atoms with Crippen molar-refractivity contribution in [1.82, 2.24) is 9.97 Å². The third-order valence-electron chi connectivity index (χ3n) is 1.90. The summed E-state index contributed by atoms with van der Waals surface area (Å²) in [6.07, 6.45) is 5.59. The van der Waals surface area contributed by atoms with E-state index in [-0.39, 0.29) is 0 Å². The van der Waals surface area contributed by atoms with Gasteiger partial charge in [0.05, 0.1) is 12.4 Å². The van der Waals surface area contributed by atoms with Crippen LogP contribution < -0.4 is 10.2 Å². The summed E-state index contributed by atoms with van der Waals surface area (Å²) in [5.41, 5.74) is 0. The smallest absolute Gasteiger partial charge is 0.149 e. The minimum atomic E-state index is 0.804. The summed E-state index contributed by atoms with van der Waals surface area (Å²) in [7, 11) is 3.87. The highest BCUT2D eigenvalue weighted by molar-refractivity contribution is 7.98. The lowest BCUT2D eigenvalue weighted by molar-refractivity contribution is 0.937. The molecule has 0 atom stereocenters. The van der Waals surface area contributed by atoms with E-state index < -0.39 is 0 Å². The average molecular weight is 212 g/mol. The van der Waals surface area contributed by atoms with Gasteiger partial charge in [0, 0.05) is 26.4 Å². The van der Waals surface area contributed by atoms with Crippen LogP contribution in [-0.4, -0.2) is 42.6 Å². The Bertz CT molecular complexity index is 279. The maximum atomic E-state index is 4.39. The molecule has 0 saturated heterocycles. The summed E-state index contributed by atoms with van der Waals surface area (Å²) < 4.78 is 0. The highest BCUT2D eigenvalue weighted by Crippen LogP contribution is 2.10. The van der Waals surface area contributed by atoms with Gasteiger partial charge in [0.1, 0.15) is 11.6 Å². The minimum Gasteiger partial charge on any atom is -0.372 e. The highest BCUT2D eigenvalue weighted by atomic mass is 32.2. The van der Waals surface area contributed by atoms with Crippen LogP contribution in [0, 0.1) is 0 Å². The molecule has 1 heterocycles. The Balaban J connectivity index is 2.64. The van der Waals surface area contributed by atoms with Crippen LogP contribution in [0.2, 0.25) is 0 Å². The van der Waals surface area contributed by atoms with Crippen LogP contribution in [0.15, 0.2) is 12.4 Å². The van der Waals surface area contributed by atoms with E-state index in [4.69, 9.17) is 0 Å². The van der Waals surface area contributed by atoms with Crippen molar-refractivity contribution in [2.24, 2.45) is 0 Å². The lowest BCUT2D eigenvalue weighted by atomic mass is 10.5. The first-order valence-corrected chi connectivity index (χ1v) is 5.87. The number of nitrogens with zero attached hydrogens (tertiary/aromatic N) is 3. The summed E-state index contributed by atoms with van der Waals surface area (Å²) in [6, 6.07) is 0. The summed E-state index contributed by atoms with van der Waals surface area (Å²) in [6.45, 7) is 0.989. The van der Waals surface area contributed by atoms with Crippen LogP contribution >= 0.6 is 11.8 Å². The molecule has 0 fully saturated rings. The standard InChI is InChI=1S/C9H16N4S/c1-10-8-6-11-7-9(12-8)13(2)4-5-14-3/h6-7H,4-5H2,1-3H3,(H,10,12). The van der Waals surface area contributed by atoms with Crippen LogP contribution in [0.4, 0.5) is 11.6 Å². The fourth-order valence-corrected chi connectivity index (χ4v) is 1.46. The topological polar surface area (TPSA) is 41.1 Å². The zero-order chi connectivity index (χ0) is 10.4. The first-order chi connectivity index (χ1) is 6.77. The minimum absolute atomic E-state index is 0.804. The van der Waals surface area contributed by atoms with Crippen LogP contribution in [0.1, 0.15) is 0 Å². The molecule has 0 aliphatic heterocycles. The second-order valence-corrected chi connectivity index (χ2v) is 3.91. The van der Waals surface area contributed by atoms with Gasteiger partial charge in [0.25, 0.3) is 0 Å². The van der Waals surface area contributed by atoms with Crippen molar-refractivity contribution in [3.05, 3.63) is 12.4 Å². The van der Waals surface area contributed by atoms with Crippen LogP contribution in [0.3, 0.4) is 0 Å². The van der Waals surface area contributed by atoms with Crippen molar-refractivity contribution >= 4 is 23.4 Å². The Hall–Kier alpha value is -0.970. The molecule has 0 aliphatic carbocycles. The van der Waals surface area contributed by atoms with E-state index >= 15 is 0 Å². The molecule has 0 spiro atoms. The first-order valence-electron chi connectivity index (χ1n) is 4.47. The Morgan fingerprint density at radius 1 is 1.50 bits per heavy atom. The second-order valence-electron chi connectivity index (χ2n) is 2.93. The van der Waals surface area contributed by atoms with Crippen molar-refractivity contribution in [2.75, 3.05) is 42.9 Å². The lowest BCUT2D eigenvalue weighted by Gasteiger charge is -2.17. The molecule has 78 valence electrons. The molecular formula is C9H16N4S. The molecule has 4 nitrogen and oxygen atoms in total. The van der Waals surface area contributed by atoms with Gasteiger partial charge in [-0.05, 0) is 6.26 Å². The molecule has 1 N–H and O–H groups in total. The fraction of sp³-hybridized carbons (Fsp3) is 0.556. The zero-order valence-corrected chi connectivity index (χ0v) is 9.64. The van der Waals surface area contributed by atoms with E-state index in [0.717, 1.165) is 23.9 Å². The zero-order valence-electron chi connectivity index (χ0n) is 8.82. The Kier molecular flexibility index (Phi) is 4.52. The van der Waals surface area contributed by atoms with E-state index in [0.29, 0.717) is 0 Å². The number of hydrogen-bond donors (Lipinski definition) is 1. The van der Waals surface area contributed by atoms with E-state index in [1.807, 2.05) is 25.9 Å². The number of hydrogen-bond acceptors (Lipinski definition) is 5. The Morgan fingerprint density at radius 2 is 2.29 bits per heavy atom. The van der Waals surface area contributed by atoms with Gasteiger partial charge >= 0.3 is 0 Å². The van der Waals surface area contributed by atoms with Crippen molar-refractivity contribution in [2.45, 2.75) is 0 Å². The predicted molar refractivity (Wildman–Crippen MR) is 63.2 cm³/mol. The second kappa shape index (κ2) is 5.70. The van der Waals surface area contributed by atoms with Gasteiger partial charge < -0.3 is 10.2 Å². The number of rotatable bonds is 5. The SMILES string of the molecule is CNc1cncc(N(C)CCSC)n1. The van der Waals surface area contributed by atoms with Gasteiger partial charge in [-0.1, -0.05) is 0 Å². The van der Waals surface area contributed by atoms with Crippen LogP contribution in [0.25, 0.3) is 0 Å². The molecule has 0 amide bonds. The van der Waals surface area contributed by atoms with Gasteiger partial charge in [-0.15, -0.1) is 0 Å². The average Bonchev–Trinajstić information content (AvgIpc) is 2.26. The first kappa shape index (κ1) is 11.1. The van der Waals surface area contributed by atoms with Gasteiger partial charge in [0.2, 0.25) is 0 Å². The molecule has 0 unspecified atom stereocenters.